The van der Waals surface area contributed by atoms with Crippen molar-refractivity contribution in [2.24, 2.45) is 0 Å². The lowest BCUT2D eigenvalue weighted by atomic mass is 11.8. The molecule has 0 aromatic heterocycles. The summed E-state index contributed by atoms with van der Waals surface area (Å²) in [7, 11) is 0.217. The van der Waals surface area contributed by atoms with Crippen LogP contribution in [-0.2, 0) is 9.05 Å². The summed E-state index contributed by atoms with van der Waals surface area (Å²) in [6.45, 7) is 0. The molecule has 0 saturated heterocycles. The molecular formula is CCl2O3S. The predicted molar refractivity (Wildman–Crippen MR) is 26.0 cm³/mol. The summed E-state index contributed by atoms with van der Waals surface area (Å²) in [5.41, 5.74) is 0. The minimum absolute atomic E-state index is 1.55. The number of halogens is 2. The lowest BCUT2D eigenvalue weighted by Gasteiger charge is -1.75. The van der Waals surface area contributed by atoms with Gasteiger partial charge in [-0.3, -0.25) is 4.79 Å². The SMILES string of the molecule is O=C(Cl)S(=O)(=O)Cl. The van der Waals surface area contributed by atoms with E-state index >= 15 is 0 Å². The van der Waals surface area contributed by atoms with Gasteiger partial charge in [-0.05, 0) is 11.6 Å². The first-order valence-corrected chi connectivity index (χ1v) is 3.77. The summed E-state index contributed by atoms with van der Waals surface area (Å²) in [6, 6.07) is 0. The maximum absolute atomic E-state index is 9.61. The highest BCUT2D eigenvalue weighted by molar-refractivity contribution is 8.27. The number of hydrogen-bond donors (Lipinski definition) is 0. The molecule has 7 heavy (non-hydrogen) atoms. The van der Waals surface area contributed by atoms with Crippen molar-refractivity contribution in [1.82, 2.24) is 0 Å². The van der Waals surface area contributed by atoms with E-state index in [1.807, 2.05) is 0 Å². The van der Waals surface area contributed by atoms with Crippen LogP contribution in [0.4, 0.5) is 4.79 Å². The Morgan fingerprint density at radius 1 is 1.43 bits per heavy atom. The van der Waals surface area contributed by atoms with Crippen molar-refractivity contribution in [2.45, 2.75) is 0 Å². The van der Waals surface area contributed by atoms with Gasteiger partial charge in [0, 0.05) is 10.7 Å². The first kappa shape index (κ1) is 7.20. The molecule has 0 aromatic rings. The largest absolute Gasteiger partial charge is 0.352 e. The van der Waals surface area contributed by atoms with Crippen LogP contribution in [0.1, 0.15) is 0 Å². The summed E-state index contributed by atoms with van der Waals surface area (Å²) in [4.78, 5) is 9.51. The van der Waals surface area contributed by atoms with E-state index in [9.17, 15) is 13.2 Å². The normalized spacial score (nSPS) is 11.1. The molecular weight excluding hydrogens is 163 g/mol. The molecule has 0 fully saturated rings. The van der Waals surface area contributed by atoms with E-state index in [1.165, 1.54) is 0 Å². The number of hydrogen-bond acceptors (Lipinski definition) is 3. The van der Waals surface area contributed by atoms with Crippen molar-refractivity contribution in [2.75, 3.05) is 0 Å². The second-order valence-electron chi connectivity index (χ2n) is 0.675. The third-order valence-corrected chi connectivity index (χ3v) is 1.84. The van der Waals surface area contributed by atoms with Gasteiger partial charge in [0.15, 0.2) is 0 Å². The molecule has 0 saturated carbocycles. The van der Waals surface area contributed by atoms with E-state index in [4.69, 9.17) is 0 Å². The third kappa shape index (κ3) is 2.85. The minimum atomic E-state index is -4.14. The second-order valence-corrected chi connectivity index (χ2v) is 3.71. The van der Waals surface area contributed by atoms with E-state index in [-0.39, 0.29) is 0 Å². The van der Waals surface area contributed by atoms with Crippen LogP contribution in [0, 0.1) is 0 Å². The summed E-state index contributed by atoms with van der Waals surface area (Å²) in [6.07, 6.45) is 0. The average Bonchev–Trinajstić information content (AvgIpc) is 1.31. The fourth-order valence-electron chi connectivity index (χ4n) is 0. The molecule has 3 nitrogen and oxygen atoms in total. The van der Waals surface area contributed by atoms with Crippen molar-refractivity contribution < 1.29 is 13.2 Å². The number of carbonyl (C=O) groups is 1. The number of rotatable bonds is 0. The van der Waals surface area contributed by atoms with Gasteiger partial charge in [-0.25, -0.2) is 8.42 Å². The predicted octanol–water partition coefficient (Wildman–Crippen LogP) is 0.914. The molecule has 0 rings (SSSR count). The second kappa shape index (κ2) is 1.98. The van der Waals surface area contributed by atoms with Crippen LogP contribution in [0.25, 0.3) is 0 Å². The van der Waals surface area contributed by atoms with Crippen LogP contribution < -0.4 is 0 Å². The fourth-order valence-corrected chi connectivity index (χ4v) is 0. The molecule has 0 aliphatic carbocycles. The molecule has 0 spiro atoms. The van der Waals surface area contributed by atoms with Gasteiger partial charge in [0.1, 0.15) is 0 Å². The maximum Gasteiger partial charge on any atom is 0.352 e. The van der Waals surface area contributed by atoms with E-state index in [0.717, 1.165) is 0 Å². The van der Waals surface area contributed by atoms with Crippen LogP contribution >= 0.6 is 22.3 Å². The van der Waals surface area contributed by atoms with Crippen molar-refractivity contribution in [3.05, 3.63) is 0 Å². The Morgan fingerprint density at radius 2 is 1.57 bits per heavy atom. The molecule has 0 bridgehead atoms. The van der Waals surface area contributed by atoms with E-state index in [0.29, 0.717) is 0 Å². The van der Waals surface area contributed by atoms with Crippen molar-refractivity contribution >= 4 is 35.9 Å². The van der Waals surface area contributed by atoms with Gasteiger partial charge in [-0.1, -0.05) is 0 Å². The van der Waals surface area contributed by atoms with Crippen LogP contribution in [0.15, 0.2) is 0 Å². The Kier molecular flexibility index (Phi) is 2.04. The highest BCUT2D eigenvalue weighted by atomic mass is 35.7. The molecule has 0 aliphatic heterocycles. The molecule has 0 N–H and O–H groups in total. The Labute approximate surface area is 49.6 Å². The van der Waals surface area contributed by atoms with Crippen molar-refractivity contribution in [1.29, 1.82) is 0 Å². The first-order chi connectivity index (χ1) is 2.94. The summed E-state index contributed by atoms with van der Waals surface area (Å²) >= 11 is 4.40. The Bertz CT molecular complexity index is 167. The molecule has 6 heteroatoms. The summed E-state index contributed by atoms with van der Waals surface area (Å²) < 4.78 is 17.7. The van der Waals surface area contributed by atoms with Gasteiger partial charge < -0.3 is 0 Å². The van der Waals surface area contributed by atoms with E-state index < -0.39 is 13.6 Å². The molecule has 0 aliphatic rings. The fraction of sp³-hybridized carbons (Fsp3) is 0. The van der Waals surface area contributed by atoms with Crippen LogP contribution in [0.5, 0.6) is 0 Å². The minimum Gasteiger partial charge on any atom is -0.261 e. The molecule has 0 aromatic carbocycles. The zero-order chi connectivity index (χ0) is 6.08. The lowest BCUT2D eigenvalue weighted by Crippen LogP contribution is -1.94. The highest BCUT2D eigenvalue weighted by Crippen LogP contribution is 2.01. The van der Waals surface area contributed by atoms with Crippen molar-refractivity contribution in [3.63, 3.8) is 0 Å². The zero-order valence-electron chi connectivity index (χ0n) is 2.89. The monoisotopic (exact) mass is 162 g/mol. The lowest BCUT2D eigenvalue weighted by molar-refractivity contribution is 0.274. The molecule has 0 unspecified atom stereocenters. The highest BCUT2D eigenvalue weighted by Gasteiger charge is 2.13. The van der Waals surface area contributed by atoms with Crippen molar-refractivity contribution in [3.8, 4) is 0 Å². The maximum atomic E-state index is 9.61. The first-order valence-electron chi connectivity index (χ1n) is 1.08. The molecule has 0 heterocycles. The molecule has 0 atom stereocenters. The van der Waals surface area contributed by atoms with Gasteiger partial charge >= 0.3 is 13.6 Å². The van der Waals surface area contributed by atoms with Gasteiger partial charge in [0.25, 0.3) is 0 Å². The summed E-state index contributed by atoms with van der Waals surface area (Å²) in [5, 5.41) is 0. The molecule has 0 radical (unpaired) electrons. The van der Waals surface area contributed by atoms with E-state index in [1.54, 1.807) is 0 Å². The van der Waals surface area contributed by atoms with E-state index in [2.05, 4.69) is 22.3 Å². The van der Waals surface area contributed by atoms with Gasteiger partial charge in [-0.15, -0.1) is 0 Å². The summed E-state index contributed by atoms with van der Waals surface area (Å²) in [5.74, 6) is 0. The van der Waals surface area contributed by atoms with Gasteiger partial charge in [-0.2, -0.15) is 0 Å². The van der Waals surface area contributed by atoms with Gasteiger partial charge in [0.2, 0.25) is 0 Å². The van der Waals surface area contributed by atoms with Crippen LogP contribution in [0.3, 0.4) is 0 Å². The Morgan fingerprint density at radius 3 is 1.57 bits per heavy atom. The smallest absolute Gasteiger partial charge is 0.261 e. The third-order valence-electron chi connectivity index (χ3n) is 0.192. The van der Waals surface area contributed by atoms with Crippen LogP contribution in [-0.4, -0.2) is 13.0 Å². The Balaban J connectivity index is 4.43. The topological polar surface area (TPSA) is 51.2 Å². The standard InChI is InChI=1S/CCl2O3S/c2-1(4)7(3,5)6. The average molecular weight is 163 g/mol. The molecule has 0 amide bonds. The molecule has 42 valence electrons. The zero-order valence-corrected chi connectivity index (χ0v) is 5.22. The van der Waals surface area contributed by atoms with Crippen LogP contribution in [0.2, 0.25) is 0 Å². The Hall–Kier alpha value is 0.200. The quantitative estimate of drug-likeness (QED) is 0.498. The van der Waals surface area contributed by atoms with Gasteiger partial charge in [0.05, 0.1) is 0 Å². The number of carbonyl (C=O) groups excluding carboxylic acids is 1.